The van der Waals surface area contributed by atoms with Gasteiger partial charge in [0.2, 0.25) is 11.8 Å². The molecule has 0 saturated carbocycles. The zero-order valence-electron chi connectivity index (χ0n) is 15.6. The van der Waals surface area contributed by atoms with E-state index in [0.717, 1.165) is 19.4 Å². The van der Waals surface area contributed by atoms with Crippen molar-refractivity contribution in [3.63, 3.8) is 0 Å². The lowest BCUT2D eigenvalue weighted by Gasteiger charge is -2.31. The standard InChI is InChI=1S/C19H27N3O4/c1-12-15(5-4-8-20-12)21-19(24)13-9-18(23)22(11-13)16-7-6-14(25-2)10-17(16)26-3/h6-7,10,12-13,15,20H,4-5,8-9,11H2,1-3H3,(H,21,24). The number of anilines is 1. The quantitative estimate of drug-likeness (QED) is 0.827. The van der Waals surface area contributed by atoms with Gasteiger partial charge in [-0.3, -0.25) is 9.59 Å². The number of carbonyl (C=O) groups is 2. The number of ether oxygens (including phenoxy) is 2. The number of methoxy groups -OCH3 is 2. The second-order valence-corrected chi connectivity index (χ2v) is 6.94. The number of hydrogen-bond donors (Lipinski definition) is 2. The van der Waals surface area contributed by atoms with Gasteiger partial charge < -0.3 is 25.0 Å². The summed E-state index contributed by atoms with van der Waals surface area (Å²) in [6.07, 6.45) is 2.24. The minimum Gasteiger partial charge on any atom is -0.497 e. The molecule has 3 rings (SSSR count). The predicted octanol–water partition coefficient (Wildman–Crippen LogP) is 1.31. The summed E-state index contributed by atoms with van der Waals surface area (Å²) < 4.78 is 10.6. The lowest BCUT2D eigenvalue weighted by atomic mass is 9.98. The Morgan fingerprint density at radius 2 is 2.12 bits per heavy atom. The summed E-state index contributed by atoms with van der Waals surface area (Å²) in [4.78, 5) is 26.8. The largest absolute Gasteiger partial charge is 0.497 e. The molecular weight excluding hydrogens is 334 g/mol. The Balaban J connectivity index is 1.69. The molecule has 1 aromatic carbocycles. The molecule has 26 heavy (non-hydrogen) atoms. The van der Waals surface area contributed by atoms with Crippen LogP contribution in [0.5, 0.6) is 11.5 Å². The minimum atomic E-state index is -0.344. The third-order valence-corrected chi connectivity index (χ3v) is 5.26. The number of piperidine rings is 1. The highest BCUT2D eigenvalue weighted by Gasteiger charge is 2.37. The van der Waals surface area contributed by atoms with E-state index in [4.69, 9.17) is 9.47 Å². The monoisotopic (exact) mass is 361 g/mol. The van der Waals surface area contributed by atoms with Crippen LogP contribution in [0.1, 0.15) is 26.2 Å². The second-order valence-electron chi connectivity index (χ2n) is 6.94. The number of amides is 2. The minimum absolute atomic E-state index is 0.0473. The van der Waals surface area contributed by atoms with Gasteiger partial charge in [-0.15, -0.1) is 0 Å². The molecule has 2 heterocycles. The van der Waals surface area contributed by atoms with Gasteiger partial charge in [-0.05, 0) is 38.4 Å². The SMILES string of the molecule is COc1ccc(N2CC(C(=O)NC3CCCNC3C)CC2=O)c(OC)c1. The Morgan fingerprint density at radius 3 is 2.81 bits per heavy atom. The van der Waals surface area contributed by atoms with Crippen molar-refractivity contribution in [2.24, 2.45) is 5.92 Å². The first-order chi connectivity index (χ1) is 12.5. The van der Waals surface area contributed by atoms with Crippen LogP contribution in [0.25, 0.3) is 0 Å². The molecule has 0 aliphatic carbocycles. The Hall–Kier alpha value is -2.28. The van der Waals surface area contributed by atoms with Gasteiger partial charge in [0.1, 0.15) is 11.5 Å². The van der Waals surface area contributed by atoms with E-state index in [1.807, 2.05) is 0 Å². The van der Waals surface area contributed by atoms with Gasteiger partial charge in [-0.2, -0.15) is 0 Å². The third-order valence-electron chi connectivity index (χ3n) is 5.26. The van der Waals surface area contributed by atoms with Crippen LogP contribution in [-0.4, -0.2) is 51.2 Å². The van der Waals surface area contributed by atoms with Crippen molar-refractivity contribution >= 4 is 17.5 Å². The van der Waals surface area contributed by atoms with E-state index in [2.05, 4.69) is 17.6 Å². The molecule has 2 fully saturated rings. The Kier molecular flexibility index (Phi) is 5.66. The maximum atomic E-state index is 12.7. The molecule has 2 aliphatic rings. The van der Waals surface area contributed by atoms with E-state index in [9.17, 15) is 9.59 Å². The first-order valence-corrected chi connectivity index (χ1v) is 9.09. The molecule has 2 saturated heterocycles. The average molecular weight is 361 g/mol. The van der Waals surface area contributed by atoms with E-state index in [-0.39, 0.29) is 36.2 Å². The highest BCUT2D eigenvalue weighted by atomic mass is 16.5. The molecule has 1 aromatic rings. The summed E-state index contributed by atoms with van der Waals surface area (Å²) >= 11 is 0. The van der Waals surface area contributed by atoms with Gasteiger partial charge in [0.25, 0.3) is 0 Å². The van der Waals surface area contributed by atoms with Gasteiger partial charge in [0.15, 0.2) is 0 Å². The molecule has 2 amide bonds. The number of nitrogens with zero attached hydrogens (tertiary/aromatic N) is 1. The first-order valence-electron chi connectivity index (χ1n) is 9.09. The summed E-state index contributed by atoms with van der Waals surface area (Å²) in [6, 6.07) is 5.70. The third kappa shape index (κ3) is 3.77. The van der Waals surface area contributed by atoms with Crippen LogP contribution in [-0.2, 0) is 9.59 Å². The number of hydrogen-bond acceptors (Lipinski definition) is 5. The topological polar surface area (TPSA) is 79.9 Å². The maximum Gasteiger partial charge on any atom is 0.227 e. The van der Waals surface area contributed by atoms with Gasteiger partial charge in [-0.1, -0.05) is 0 Å². The van der Waals surface area contributed by atoms with Crippen molar-refractivity contribution in [3.8, 4) is 11.5 Å². The molecule has 2 aliphatic heterocycles. The van der Waals surface area contributed by atoms with Crippen LogP contribution in [0.15, 0.2) is 18.2 Å². The number of carbonyl (C=O) groups excluding carboxylic acids is 2. The van der Waals surface area contributed by atoms with Gasteiger partial charge >= 0.3 is 0 Å². The van der Waals surface area contributed by atoms with Crippen LogP contribution in [0.3, 0.4) is 0 Å². The summed E-state index contributed by atoms with van der Waals surface area (Å²) in [5, 5.41) is 6.50. The normalized spacial score (nSPS) is 25.9. The van der Waals surface area contributed by atoms with Crippen molar-refractivity contribution < 1.29 is 19.1 Å². The smallest absolute Gasteiger partial charge is 0.227 e. The molecule has 0 aromatic heterocycles. The summed E-state index contributed by atoms with van der Waals surface area (Å²) in [5.74, 6) is 0.759. The molecule has 0 radical (unpaired) electrons. The van der Waals surface area contributed by atoms with Gasteiger partial charge in [-0.25, -0.2) is 0 Å². The predicted molar refractivity (Wildman–Crippen MR) is 98.6 cm³/mol. The second kappa shape index (κ2) is 7.95. The molecule has 142 valence electrons. The highest BCUT2D eigenvalue weighted by Crippen LogP contribution is 2.35. The van der Waals surface area contributed by atoms with E-state index < -0.39 is 0 Å². The summed E-state index contributed by atoms with van der Waals surface area (Å²) in [7, 11) is 3.14. The lowest BCUT2D eigenvalue weighted by molar-refractivity contribution is -0.127. The molecule has 2 N–H and O–H groups in total. The molecule has 3 unspecified atom stereocenters. The fourth-order valence-electron chi connectivity index (χ4n) is 3.67. The fraction of sp³-hybridized carbons (Fsp3) is 0.579. The average Bonchev–Trinajstić information content (AvgIpc) is 3.04. The molecule has 3 atom stereocenters. The molecule has 7 nitrogen and oxygen atoms in total. The van der Waals surface area contributed by atoms with Crippen LogP contribution in [0.2, 0.25) is 0 Å². The molecular formula is C19H27N3O4. The fourth-order valence-corrected chi connectivity index (χ4v) is 3.67. The van der Waals surface area contributed by atoms with Crippen molar-refractivity contribution in [1.29, 1.82) is 0 Å². The van der Waals surface area contributed by atoms with Gasteiger partial charge in [0, 0.05) is 31.1 Å². The van der Waals surface area contributed by atoms with Crippen LogP contribution >= 0.6 is 0 Å². The number of nitrogens with one attached hydrogen (secondary N) is 2. The van der Waals surface area contributed by atoms with E-state index in [0.29, 0.717) is 23.7 Å². The Bertz CT molecular complexity index is 679. The zero-order valence-corrected chi connectivity index (χ0v) is 15.6. The summed E-state index contributed by atoms with van der Waals surface area (Å²) in [5.41, 5.74) is 0.668. The van der Waals surface area contributed by atoms with Crippen LogP contribution in [0, 0.1) is 5.92 Å². The molecule has 7 heteroatoms. The van der Waals surface area contributed by atoms with E-state index >= 15 is 0 Å². The van der Waals surface area contributed by atoms with E-state index in [1.165, 1.54) is 0 Å². The van der Waals surface area contributed by atoms with Crippen molar-refractivity contribution in [3.05, 3.63) is 18.2 Å². The molecule has 0 bridgehead atoms. The molecule has 0 spiro atoms. The van der Waals surface area contributed by atoms with Crippen molar-refractivity contribution in [1.82, 2.24) is 10.6 Å². The van der Waals surface area contributed by atoms with E-state index in [1.54, 1.807) is 37.3 Å². The first kappa shape index (κ1) is 18.5. The van der Waals surface area contributed by atoms with Crippen LogP contribution in [0.4, 0.5) is 5.69 Å². The Morgan fingerprint density at radius 1 is 1.31 bits per heavy atom. The lowest BCUT2D eigenvalue weighted by Crippen LogP contribution is -2.53. The van der Waals surface area contributed by atoms with Crippen molar-refractivity contribution in [2.45, 2.75) is 38.3 Å². The van der Waals surface area contributed by atoms with Crippen LogP contribution < -0.4 is 25.0 Å². The number of rotatable bonds is 5. The number of benzene rings is 1. The summed E-state index contributed by atoms with van der Waals surface area (Å²) in [6.45, 7) is 3.43. The zero-order chi connectivity index (χ0) is 18.7. The Labute approximate surface area is 154 Å². The maximum absolute atomic E-state index is 12.7. The van der Waals surface area contributed by atoms with Crippen molar-refractivity contribution in [2.75, 3.05) is 32.2 Å². The van der Waals surface area contributed by atoms with Gasteiger partial charge in [0.05, 0.1) is 25.8 Å². The highest BCUT2D eigenvalue weighted by molar-refractivity contribution is 6.01.